The molecule has 0 rings (SSSR count). The first-order valence-electron chi connectivity index (χ1n) is 2.63. The monoisotopic (exact) mass is 192 g/mol. The SMILES string of the molecule is CO/C(F)=C(/OCF)C(F)(F)F. The zero-order chi connectivity index (χ0) is 9.78. The number of allylic oxidation sites excluding steroid dienone is 1. The molecule has 72 valence electrons. The van der Waals surface area contributed by atoms with Crippen LogP contribution >= 0.6 is 0 Å². The van der Waals surface area contributed by atoms with Gasteiger partial charge in [0.25, 0.3) is 5.76 Å². The lowest BCUT2D eigenvalue weighted by Gasteiger charge is -2.10. The maximum atomic E-state index is 12.1. The Labute approximate surface area is 64.6 Å². The first kappa shape index (κ1) is 11.0. The summed E-state index contributed by atoms with van der Waals surface area (Å²) in [6, 6.07) is -2.00. The molecule has 0 saturated carbocycles. The summed E-state index contributed by atoms with van der Waals surface area (Å²) in [5.74, 6) is -2.10. The molecule has 0 aromatic rings. The highest BCUT2D eigenvalue weighted by Gasteiger charge is 2.40. The van der Waals surface area contributed by atoms with Crippen molar-refractivity contribution >= 4 is 0 Å². The molecule has 0 aromatic carbocycles. The van der Waals surface area contributed by atoms with E-state index in [4.69, 9.17) is 0 Å². The van der Waals surface area contributed by atoms with E-state index in [1.54, 1.807) is 0 Å². The van der Waals surface area contributed by atoms with Crippen LogP contribution in [0.1, 0.15) is 0 Å². The Balaban J connectivity index is 4.66. The summed E-state index contributed by atoms with van der Waals surface area (Å²) >= 11 is 0. The second kappa shape index (κ2) is 4.13. The van der Waals surface area contributed by atoms with Gasteiger partial charge in [-0.1, -0.05) is 0 Å². The Bertz CT molecular complexity index is 173. The first-order chi connectivity index (χ1) is 5.43. The molecule has 0 heterocycles. The third-order valence-electron chi connectivity index (χ3n) is 0.814. The second-order valence-corrected chi connectivity index (χ2v) is 1.56. The number of methoxy groups -OCH3 is 1. The molecule has 0 aromatic heterocycles. The minimum absolute atomic E-state index is 0.669. The Kier molecular flexibility index (Phi) is 3.78. The lowest BCUT2D eigenvalue weighted by atomic mass is 10.5. The van der Waals surface area contributed by atoms with Crippen LogP contribution in [-0.2, 0) is 9.47 Å². The fraction of sp³-hybridized carbons (Fsp3) is 0.600. The van der Waals surface area contributed by atoms with Gasteiger partial charge in [-0.15, -0.1) is 0 Å². The smallest absolute Gasteiger partial charge is 0.455 e. The second-order valence-electron chi connectivity index (χ2n) is 1.56. The van der Waals surface area contributed by atoms with Crippen LogP contribution in [0.15, 0.2) is 11.8 Å². The summed E-state index contributed by atoms with van der Waals surface area (Å²) in [4.78, 5) is 0. The van der Waals surface area contributed by atoms with Crippen molar-refractivity contribution in [1.29, 1.82) is 0 Å². The Hall–Kier alpha value is -1.01. The minimum Gasteiger partial charge on any atom is -0.471 e. The number of halogens is 5. The minimum atomic E-state index is -5.09. The van der Waals surface area contributed by atoms with Crippen molar-refractivity contribution in [2.24, 2.45) is 0 Å². The van der Waals surface area contributed by atoms with Crippen LogP contribution < -0.4 is 0 Å². The third-order valence-corrected chi connectivity index (χ3v) is 0.814. The average molecular weight is 192 g/mol. The van der Waals surface area contributed by atoms with E-state index < -0.39 is 24.8 Å². The van der Waals surface area contributed by atoms with Crippen molar-refractivity contribution in [1.82, 2.24) is 0 Å². The highest BCUT2D eigenvalue weighted by atomic mass is 19.4. The molecule has 12 heavy (non-hydrogen) atoms. The van der Waals surface area contributed by atoms with Crippen LogP contribution in [0.2, 0.25) is 0 Å². The van der Waals surface area contributed by atoms with E-state index in [1.807, 2.05) is 0 Å². The van der Waals surface area contributed by atoms with Crippen molar-refractivity contribution in [2.45, 2.75) is 6.18 Å². The third kappa shape index (κ3) is 2.93. The highest BCUT2D eigenvalue weighted by molar-refractivity contribution is 5.01. The quantitative estimate of drug-likeness (QED) is 0.504. The number of rotatable bonds is 3. The summed E-state index contributed by atoms with van der Waals surface area (Å²) < 4.78 is 65.4. The van der Waals surface area contributed by atoms with Gasteiger partial charge in [0, 0.05) is 0 Å². The fourth-order valence-electron chi connectivity index (χ4n) is 0.397. The maximum absolute atomic E-state index is 12.1. The van der Waals surface area contributed by atoms with Gasteiger partial charge in [-0.3, -0.25) is 0 Å². The van der Waals surface area contributed by atoms with E-state index in [9.17, 15) is 22.0 Å². The lowest BCUT2D eigenvalue weighted by molar-refractivity contribution is -0.146. The Morgan fingerprint density at radius 3 is 2.08 bits per heavy atom. The van der Waals surface area contributed by atoms with Crippen molar-refractivity contribution in [3.8, 4) is 0 Å². The van der Waals surface area contributed by atoms with Gasteiger partial charge in [-0.2, -0.15) is 17.6 Å². The van der Waals surface area contributed by atoms with Crippen molar-refractivity contribution < 1.29 is 31.4 Å². The van der Waals surface area contributed by atoms with Gasteiger partial charge in [-0.05, 0) is 0 Å². The molecule has 0 atom stereocenters. The largest absolute Gasteiger partial charge is 0.471 e. The molecule has 0 bridgehead atoms. The van der Waals surface area contributed by atoms with Crippen LogP contribution in [0.5, 0.6) is 0 Å². The molecule has 7 heteroatoms. The molecule has 0 fully saturated rings. The molecule has 2 nitrogen and oxygen atoms in total. The lowest BCUT2D eigenvalue weighted by Crippen LogP contribution is -2.16. The van der Waals surface area contributed by atoms with Crippen molar-refractivity contribution in [3.05, 3.63) is 11.8 Å². The normalized spacial score (nSPS) is 13.8. The van der Waals surface area contributed by atoms with E-state index in [0.717, 1.165) is 0 Å². The summed E-state index contributed by atoms with van der Waals surface area (Å²) in [7, 11) is 0.669. The van der Waals surface area contributed by atoms with Crippen molar-refractivity contribution in [2.75, 3.05) is 14.0 Å². The molecule has 0 radical (unpaired) electrons. The number of alkyl halides is 4. The molecule has 0 spiro atoms. The van der Waals surface area contributed by atoms with Gasteiger partial charge in [0.1, 0.15) is 0 Å². The summed E-state index contributed by atoms with van der Waals surface area (Å²) in [6.45, 7) is -1.77. The Morgan fingerprint density at radius 1 is 1.33 bits per heavy atom. The number of hydrogen-bond donors (Lipinski definition) is 0. The summed E-state index contributed by atoms with van der Waals surface area (Å²) in [5.41, 5.74) is 0. The van der Waals surface area contributed by atoms with Gasteiger partial charge in [0.15, 0.2) is 0 Å². The molecular weight excluding hydrogens is 187 g/mol. The van der Waals surface area contributed by atoms with Gasteiger partial charge in [0.2, 0.25) is 6.86 Å². The van der Waals surface area contributed by atoms with Gasteiger partial charge < -0.3 is 9.47 Å². The van der Waals surface area contributed by atoms with Crippen LogP contribution in [0, 0.1) is 0 Å². The Morgan fingerprint density at radius 2 is 1.83 bits per heavy atom. The highest BCUT2D eigenvalue weighted by Crippen LogP contribution is 2.29. The zero-order valence-electron chi connectivity index (χ0n) is 5.91. The van der Waals surface area contributed by atoms with Crippen LogP contribution in [0.4, 0.5) is 22.0 Å². The topological polar surface area (TPSA) is 18.5 Å². The predicted molar refractivity (Wildman–Crippen MR) is 28.3 cm³/mol. The summed E-state index contributed by atoms with van der Waals surface area (Å²) in [6.07, 6.45) is -5.09. The fourth-order valence-corrected chi connectivity index (χ4v) is 0.397. The predicted octanol–water partition coefficient (Wildman–Crippen LogP) is 2.28. The average Bonchev–Trinajstić information content (AvgIpc) is 1.96. The van der Waals surface area contributed by atoms with E-state index >= 15 is 0 Å². The van der Waals surface area contributed by atoms with Gasteiger partial charge in [0.05, 0.1) is 7.11 Å². The van der Waals surface area contributed by atoms with Crippen LogP contribution in [-0.4, -0.2) is 20.1 Å². The van der Waals surface area contributed by atoms with Crippen molar-refractivity contribution in [3.63, 3.8) is 0 Å². The molecule has 0 aliphatic heterocycles. The van der Waals surface area contributed by atoms with E-state index in [2.05, 4.69) is 9.47 Å². The number of hydrogen-bond acceptors (Lipinski definition) is 2. The van der Waals surface area contributed by atoms with Gasteiger partial charge in [-0.25, -0.2) is 4.39 Å². The number of ether oxygens (including phenoxy) is 2. The first-order valence-corrected chi connectivity index (χ1v) is 2.63. The van der Waals surface area contributed by atoms with E-state index in [1.165, 1.54) is 0 Å². The summed E-state index contributed by atoms with van der Waals surface area (Å²) in [5, 5.41) is 0. The van der Waals surface area contributed by atoms with Crippen LogP contribution in [0.3, 0.4) is 0 Å². The molecule has 0 aliphatic rings. The van der Waals surface area contributed by atoms with Gasteiger partial charge >= 0.3 is 12.2 Å². The molecule has 0 unspecified atom stereocenters. The maximum Gasteiger partial charge on any atom is 0.455 e. The van der Waals surface area contributed by atoms with Crippen LogP contribution in [0.25, 0.3) is 0 Å². The molecular formula is C5H5F5O2. The molecule has 0 amide bonds. The zero-order valence-corrected chi connectivity index (χ0v) is 5.91. The standard InChI is InChI=1S/C5H5F5O2/c1-11-4(7)3(12-2-6)5(8,9)10/h2H2,1H3/b4-3+. The molecule has 0 aliphatic carbocycles. The molecule has 0 N–H and O–H groups in total. The van der Waals surface area contributed by atoms with E-state index in [0.29, 0.717) is 7.11 Å². The van der Waals surface area contributed by atoms with E-state index in [-0.39, 0.29) is 0 Å². The molecule has 0 saturated heterocycles.